The zero-order valence-corrected chi connectivity index (χ0v) is 12.5. The topological polar surface area (TPSA) is 64.6 Å². The average Bonchev–Trinajstić information content (AvgIpc) is 2.43. The van der Waals surface area contributed by atoms with Crippen molar-refractivity contribution >= 4 is 11.6 Å². The zero-order chi connectivity index (χ0) is 15.0. The van der Waals surface area contributed by atoms with Gasteiger partial charge in [-0.1, -0.05) is 19.1 Å². The van der Waals surface area contributed by atoms with Crippen LogP contribution in [-0.2, 0) is 4.79 Å². The Balaban J connectivity index is 2.41. The van der Waals surface area contributed by atoms with E-state index in [2.05, 4.69) is 15.5 Å². The molecule has 5 heteroatoms. The summed E-state index contributed by atoms with van der Waals surface area (Å²) in [5.74, 6) is -0.0105. The largest absolute Gasteiger partial charge is 0.387 e. The van der Waals surface area contributed by atoms with Gasteiger partial charge in [-0.05, 0) is 31.8 Å². The summed E-state index contributed by atoms with van der Waals surface area (Å²) in [4.78, 5) is 13.3. The average molecular weight is 279 g/mol. The molecule has 0 bridgehead atoms. The van der Waals surface area contributed by atoms with Crippen molar-refractivity contribution in [1.29, 1.82) is 0 Å². The van der Waals surface area contributed by atoms with Gasteiger partial charge in [0.05, 0.1) is 6.10 Å². The van der Waals surface area contributed by atoms with Gasteiger partial charge in [0.2, 0.25) is 5.91 Å². The Morgan fingerprint density at radius 3 is 2.50 bits per heavy atom. The van der Waals surface area contributed by atoms with Crippen LogP contribution in [0.25, 0.3) is 0 Å². The Bertz CT molecular complexity index is 404. The molecule has 0 aliphatic heterocycles. The Labute approximate surface area is 121 Å². The van der Waals surface area contributed by atoms with Crippen molar-refractivity contribution in [3.05, 3.63) is 29.8 Å². The van der Waals surface area contributed by atoms with Crippen LogP contribution in [0.5, 0.6) is 0 Å². The van der Waals surface area contributed by atoms with E-state index in [4.69, 9.17) is 0 Å². The van der Waals surface area contributed by atoms with Gasteiger partial charge in [0, 0.05) is 31.7 Å². The number of hydrogen-bond acceptors (Lipinski definition) is 4. The standard InChI is InChI=1S/C15H25N3O2/c1-4-15(20)17-13-7-5-12(6-8-13)14(19)11-16-9-10-18(2)3/h5-8,14,16,19H,4,9-11H2,1-3H3,(H,17,20). The molecule has 5 nitrogen and oxygen atoms in total. The summed E-state index contributed by atoms with van der Waals surface area (Å²) in [5, 5.41) is 16.0. The van der Waals surface area contributed by atoms with Gasteiger partial charge in [0.25, 0.3) is 0 Å². The third kappa shape index (κ3) is 6.14. The molecular formula is C15H25N3O2. The first-order chi connectivity index (χ1) is 9.52. The normalized spacial score (nSPS) is 12.4. The quantitative estimate of drug-likeness (QED) is 0.626. The van der Waals surface area contributed by atoms with E-state index in [1.54, 1.807) is 0 Å². The van der Waals surface area contributed by atoms with E-state index in [0.29, 0.717) is 13.0 Å². The third-order valence-electron chi connectivity index (χ3n) is 2.97. The molecule has 0 aliphatic carbocycles. The molecule has 1 rings (SSSR count). The van der Waals surface area contributed by atoms with Gasteiger partial charge in [-0.25, -0.2) is 0 Å². The minimum atomic E-state index is -0.534. The van der Waals surface area contributed by atoms with E-state index in [1.807, 2.05) is 45.3 Å². The monoisotopic (exact) mass is 279 g/mol. The molecule has 1 aromatic carbocycles. The number of aliphatic hydroxyl groups excluding tert-OH is 1. The second-order valence-electron chi connectivity index (χ2n) is 5.05. The van der Waals surface area contributed by atoms with Crippen LogP contribution < -0.4 is 10.6 Å². The van der Waals surface area contributed by atoms with Crippen molar-refractivity contribution in [3.8, 4) is 0 Å². The summed E-state index contributed by atoms with van der Waals surface area (Å²) in [6, 6.07) is 7.30. The number of hydrogen-bond donors (Lipinski definition) is 3. The van der Waals surface area contributed by atoms with Crippen LogP contribution in [0.4, 0.5) is 5.69 Å². The summed E-state index contributed by atoms with van der Waals surface area (Å²) < 4.78 is 0. The number of benzene rings is 1. The van der Waals surface area contributed by atoms with E-state index in [0.717, 1.165) is 24.3 Å². The maximum atomic E-state index is 11.3. The van der Waals surface area contributed by atoms with Gasteiger partial charge in [-0.3, -0.25) is 4.79 Å². The van der Waals surface area contributed by atoms with Crippen molar-refractivity contribution in [2.75, 3.05) is 39.0 Å². The minimum absolute atomic E-state index is 0.0105. The SMILES string of the molecule is CCC(=O)Nc1ccc(C(O)CNCCN(C)C)cc1. The second kappa shape index (κ2) is 8.68. The van der Waals surface area contributed by atoms with E-state index >= 15 is 0 Å². The Hall–Kier alpha value is -1.43. The number of aliphatic hydroxyl groups is 1. The molecule has 1 aromatic rings. The van der Waals surface area contributed by atoms with E-state index in [1.165, 1.54) is 0 Å². The van der Waals surface area contributed by atoms with Crippen molar-refractivity contribution in [3.63, 3.8) is 0 Å². The predicted octanol–water partition coefficient (Wildman–Crippen LogP) is 1.22. The lowest BCUT2D eigenvalue weighted by molar-refractivity contribution is -0.115. The highest BCUT2D eigenvalue weighted by Gasteiger charge is 2.07. The number of nitrogens with one attached hydrogen (secondary N) is 2. The second-order valence-corrected chi connectivity index (χ2v) is 5.05. The van der Waals surface area contributed by atoms with E-state index < -0.39 is 6.10 Å². The maximum Gasteiger partial charge on any atom is 0.224 e. The molecule has 0 spiro atoms. The first-order valence-corrected chi connectivity index (χ1v) is 6.96. The van der Waals surface area contributed by atoms with Gasteiger partial charge < -0.3 is 20.6 Å². The minimum Gasteiger partial charge on any atom is -0.387 e. The van der Waals surface area contributed by atoms with Gasteiger partial charge in [0.1, 0.15) is 0 Å². The van der Waals surface area contributed by atoms with Crippen LogP contribution in [0.1, 0.15) is 25.0 Å². The molecule has 1 unspecified atom stereocenters. The fraction of sp³-hybridized carbons (Fsp3) is 0.533. The van der Waals surface area contributed by atoms with Crippen LogP contribution in [0.2, 0.25) is 0 Å². The predicted molar refractivity (Wildman–Crippen MR) is 81.7 cm³/mol. The van der Waals surface area contributed by atoms with E-state index in [9.17, 15) is 9.90 Å². The molecule has 0 aliphatic rings. The van der Waals surface area contributed by atoms with Gasteiger partial charge in [-0.2, -0.15) is 0 Å². The maximum absolute atomic E-state index is 11.3. The number of carbonyl (C=O) groups is 1. The summed E-state index contributed by atoms with van der Waals surface area (Å²) in [5.41, 5.74) is 1.60. The number of anilines is 1. The van der Waals surface area contributed by atoms with Gasteiger partial charge in [0.15, 0.2) is 0 Å². The van der Waals surface area contributed by atoms with Crippen LogP contribution in [0.15, 0.2) is 24.3 Å². The molecule has 112 valence electrons. The van der Waals surface area contributed by atoms with Crippen molar-refractivity contribution in [2.45, 2.75) is 19.4 Å². The third-order valence-corrected chi connectivity index (χ3v) is 2.97. The Kier molecular flexibility index (Phi) is 7.22. The fourth-order valence-corrected chi connectivity index (χ4v) is 1.70. The molecule has 0 heterocycles. The highest BCUT2D eigenvalue weighted by molar-refractivity contribution is 5.90. The number of nitrogens with zero attached hydrogens (tertiary/aromatic N) is 1. The number of likely N-dealkylation sites (N-methyl/N-ethyl adjacent to an activating group) is 1. The highest BCUT2D eigenvalue weighted by atomic mass is 16.3. The summed E-state index contributed by atoms with van der Waals surface area (Å²) >= 11 is 0. The van der Waals surface area contributed by atoms with Crippen LogP contribution >= 0.6 is 0 Å². The lowest BCUT2D eigenvalue weighted by Gasteiger charge is -2.14. The molecule has 1 atom stereocenters. The van der Waals surface area contributed by atoms with Crippen molar-refractivity contribution < 1.29 is 9.90 Å². The summed E-state index contributed by atoms with van der Waals surface area (Å²) in [6.07, 6.45) is -0.0757. The van der Waals surface area contributed by atoms with Crippen LogP contribution in [0, 0.1) is 0 Å². The zero-order valence-electron chi connectivity index (χ0n) is 12.5. The molecule has 0 saturated carbocycles. The van der Waals surface area contributed by atoms with Crippen molar-refractivity contribution in [2.24, 2.45) is 0 Å². The first kappa shape index (κ1) is 16.6. The van der Waals surface area contributed by atoms with Crippen LogP contribution in [-0.4, -0.2) is 49.6 Å². The van der Waals surface area contributed by atoms with E-state index in [-0.39, 0.29) is 5.91 Å². The molecular weight excluding hydrogens is 254 g/mol. The van der Waals surface area contributed by atoms with Crippen LogP contribution in [0.3, 0.4) is 0 Å². The highest BCUT2D eigenvalue weighted by Crippen LogP contribution is 2.15. The number of rotatable bonds is 8. The molecule has 0 fully saturated rings. The Morgan fingerprint density at radius 1 is 1.30 bits per heavy atom. The lowest BCUT2D eigenvalue weighted by Crippen LogP contribution is -2.29. The van der Waals surface area contributed by atoms with Gasteiger partial charge in [-0.15, -0.1) is 0 Å². The molecule has 0 radical (unpaired) electrons. The Morgan fingerprint density at radius 2 is 1.95 bits per heavy atom. The molecule has 0 aromatic heterocycles. The fourth-order valence-electron chi connectivity index (χ4n) is 1.70. The first-order valence-electron chi connectivity index (χ1n) is 6.96. The lowest BCUT2D eigenvalue weighted by atomic mass is 10.1. The number of carbonyl (C=O) groups excluding carboxylic acids is 1. The number of amides is 1. The molecule has 3 N–H and O–H groups in total. The molecule has 1 amide bonds. The van der Waals surface area contributed by atoms with Gasteiger partial charge >= 0.3 is 0 Å². The summed E-state index contributed by atoms with van der Waals surface area (Å²) in [6.45, 7) is 4.12. The summed E-state index contributed by atoms with van der Waals surface area (Å²) in [7, 11) is 4.03. The van der Waals surface area contributed by atoms with Crippen molar-refractivity contribution in [1.82, 2.24) is 10.2 Å². The molecule has 0 saturated heterocycles. The molecule has 20 heavy (non-hydrogen) atoms. The smallest absolute Gasteiger partial charge is 0.224 e.